The van der Waals surface area contributed by atoms with E-state index in [-0.39, 0.29) is 0 Å². The summed E-state index contributed by atoms with van der Waals surface area (Å²) in [4.78, 5) is 9.67. The molecule has 0 atom stereocenters. The zero-order chi connectivity index (χ0) is 21.1. The van der Waals surface area contributed by atoms with E-state index in [9.17, 15) is 71.4 Å². The summed E-state index contributed by atoms with van der Waals surface area (Å²) >= 11 is 0. The standard InChI is InChI=1S/C9H4F14O2/c1-3(10,11)5(14,15)7(18,19)9(22,23)8(20,21)6(16,17)4(12,13)2(24)25/h1H3,(H,24,25)/p-1. The molecule has 0 N–H and O–H groups in total. The van der Waals surface area contributed by atoms with Crippen molar-refractivity contribution >= 4 is 5.97 Å². The molecule has 25 heavy (non-hydrogen) atoms. The molecule has 150 valence electrons. The fourth-order valence-electron chi connectivity index (χ4n) is 1.19. The molecule has 0 radical (unpaired) electrons. The minimum Gasteiger partial charge on any atom is -0.544 e. The predicted octanol–water partition coefficient (Wildman–Crippen LogP) is 3.20. The maximum Gasteiger partial charge on any atom is 0.385 e. The average molecular weight is 409 g/mol. The number of carbonyl (C=O) groups excluding carboxylic acids is 1. The molecule has 0 bridgehead atoms. The average Bonchev–Trinajstić information content (AvgIpc) is 2.35. The Labute approximate surface area is 127 Å². The molecule has 0 aliphatic rings. The third-order valence-electron chi connectivity index (χ3n) is 2.78. The minimum absolute atomic E-state index is 1.18. The highest BCUT2D eigenvalue weighted by Gasteiger charge is 2.92. The van der Waals surface area contributed by atoms with Crippen molar-refractivity contribution in [2.45, 2.75) is 48.4 Å². The fraction of sp³-hybridized carbons (Fsp3) is 0.889. The zero-order valence-electron chi connectivity index (χ0n) is 11.1. The molecule has 0 aromatic rings. The Morgan fingerprint density at radius 3 is 1.04 bits per heavy atom. The number of aliphatic carboxylic acids is 1. The summed E-state index contributed by atoms with van der Waals surface area (Å²) in [6, 6.07) is 0. The highest BCUT2D eigenvalue weighted by Crippen LogP contribution is 2.61. The largest absolute Gasteiger partial charge is 0.544 e. The molecule has 0 heterocycles. The molecule has 0 fully saturated rings. The van der Waals surface area contributed by atoms with Crippen LogP contribution in [0.15, 0.2) is 0 Å². The molecule has 2 nitrogen and oxygen atoms in total. The van der Waals surface area contributed by atoms with Gasteiger partial charge in [0.05, 0.1) is 0 Å². The predicted molar refractivity (Wildman–Crippen MR) is 45.3 cm³/mol. The van der Waals surface area contributed by atoms with Crippen LogP contribution in [-0.4, -0.2) is 47.4 Å². The van der Waals surface area contributed by atoms with E-state index in [0.29, 0.717) is 0 Å². The highest BCUT2D eigenvalue weighted by molar-refractivity contribution is 5.75. The summed E-state index contributed by atoms with van der Waals surface area (Å²) in [5.41, 5.74) is 0. The van der Waals surface area contributed by atoms with Gasteiger partial charge in [-0.15, -0.1) is 0 Å². The van der Waals surface area contributed by atoms with Crippen LogP contribution in [0, 0.1) is 0 Å². The first-order valence-electron chi connectivity index (χ1n) is 5.30. The molecule has 0 saturated heterocycles. The van der Waals surface area contributed by atoms with E-state index in [2.05, 4.69) is 0 Å². The van der Waals surface area contributed by atoms with Crippen LogP contribution in [0.3, 0.4) is 0 Å². The highest BCUT2D eigenvalue weighted by atomic mass is 19.4. The molecule has 0 amide bonds. The normalized spacial score (nSPS) is 16.1. The third-order valence-corrected chi connectivity index (χ3v) is 2.78. The van der Waals surface area contributed by atoms with Crippen molar-refractivity contribution in [1.82, 2.24) is 0 Å². The van der Waals surface area contributed by atoms with Crippen LogP contribution in [0.2, 0.25) is 0 Å². The number of carboxylic acid groups (broad SMARTS) is 1. The lowest BCUT2D eigenvalue weighted by molar-refractivity contribution is -0.443. The lowest BCUT2D eigenvalue weighted by Crippen LogP contribution is -2.74. The Bertz CT molecular complexity index is 531. The summed E-state index contributed by atoms with van der Waals surface area (Å²) < 4.78 is 178. The van der Waals surface area contributed by atoms with Crippen molar-refractivity contribution in [2.24, 2.45) is 0 Å². The lowest BCUT2D eigenvalue weighted by Gasteiger charge is -2.42. The Hall–Kier alpha value is -1.51. The van der Waals surface area contributed by atoms with Crippen molar-refractivity contribution in [3.05, 3.63) is 0 Å². The van der Waals surface area contributed by atoms with Gasteiger partial charge in [-0.1, -0.05) is 0 Å². The number of rotatable bonds is 7. The van der Waals surface area contributed by atoms with Gasteiger partial charge in [-0.3, -0.25) is 0 Å². The van der Waals surface area contributed by atoms with Crippen LogP contribution in [-0.2, 0) is 4.79 Å². The first-order valence-corrected chi connectivity index (χ1v) is 5.30. The van der Waals surface area contributed by atoms with Gasteiger partial charge in [0.1, 0.15) is 5.97 Å². The minimum atomic E-state index is -8.26. The Kier molecular flexibility index (Phi) is 5.16. The number of alkyl halides is 14. The van der Waals surface area contributed by atoms with Crippen LogP contribution >= 0.6 is 0 Å². The van der Waals surface area contributed by atoms with E-state index in [0.717, 1.165) is 0 Å². The summed E-state index contributed by atoms with van der Waals surface area (Å²) in [6.45, 7) is -1.18. The Morgan fingerprint density at radius 1 is 0.560 bits per heavy atom. The first-order chi connectivity index (χ1) is 10.4. The fourth-order valence-corrected chi connectivity index (χ4v) is 1.19. The van der Waals surface area contributed by atoms with Gasteiger partial charge in [0.2, 0.25) is 0 Å². The smallest absolute Gasteiger partial charge is 0.385 e. The number of carboxylic acids is 1. The molecule has 0 unspecified atom stereocenters. The SMILES string of the molecule is CC(F)(F)C(F)(F)C(F)(F)C(F)(F)C(F)(F)C(F)(F)C(F)(F)C(=O)[O-]. The van der Waals surface area contributed by atoms with E-state index in [1.54, 1.807) is 0 Å². The van der Waals surface area contributed by atoms with Crippen LogP contribution in [0.1, 0.15) is 6.92 Å². The first kappa shape index (κ1) is 23.5. The second-order valence-electron chi connectivity index (χ2n) is 4.62. The van der Waals surface area contributed by atoms with Crippen LogP contribution < -0.4 is 5.11 Å². The van der Waals surface area contributed by atoms with E-state index in [4.69, 9.17) is 0 Å². The molecule has 0 spiro atoms. The second-order valence-corrected chi connectivity index (χ2v) is 4.62. The summed E-state index contributed by atoms with van der Waals surface area (Å²) in [6.07, 6.45) is 0. The molecule has 0 saturated carbocycles. The summed E-state index contributed by atoms with van der Waals surface area (Å²) in [5, 5.41) is 9.67. The van der Waals surface area contributed by atoms with Gasteiger partial charge in [0, 0.05) is 6.92 Å². The summed E-state index contributed by atoms with van der Waals surface area (Å²) in [7, 11) is 0. The number of hydrogen-bond donors (Lipinski definition) is 0. The van der Waals surface area contributed by atoms with E-state index in [1.807, 2.05) is 0 Å². The number of carbonyl (C=O) groups is 1. The van der Waals surface area contributed by atoms with Gasteiger partial charge >= 0.3 is 41.5 Å². The van der Waals surface area contributed by atoms with Gasteiger partial charge in [0.25, 0.3) is 0 Å². The maximum atomic E-state index is 13.0. The van der Waals surface area contributed by atoms with Crippen molar-refractivity contribution < 1.29 is 71.4 Å². The van der Waals surface area contributed by atoms with Gasteiger partial charge < -0.3 is 9.90 Å². The van der Waals surface area contributed by atoms with Gasteiger partial charge in [-0.25, -0.2) is 0 Å². The molecule has 0 rings (SSSR count). The molecule has 0 aromatic heterocycles. The van der Waals surface area contributed by atoms with Crippen LogP contribution in [0.4, 0.5) is 61.5 Å². The molecule has 0 aromatic carbocycles. The molecule has 0 aliphatic heterocycles. The Balaban J connectivity index is 6.55. The molecular weight excluding hydrogens is 406 g/mol. The lowest BCUT2D eigenvalue weighted by atomic mass is 9.89. The van der Waals surface area contributed by atoms with Crippen molar-refractivity contribution in [1.29, 1.82) is 0 Å². The quantitative estimate of drug-likeness (QED) is 0.607. The second kappa shape index (κ2) is 5.49. The Morgan fingerprint density at radius 2 is 0.800 bits per heavy atom. The van der Waals surface area contributed by atoms with Gasteiger partial charge in [0.15, 0.2) is 0 Å². The van der Waals surface area contributed by atoms with Crippen molar-refractivity contribution in [3.63, 3.8) is 0 Å². The maximum absolute atomic E-state index is 13.0. The number of hydrogen-bond acceptors (Lipinski definition) is 2. The molecular formula is C9H3F14O2-. The van der Waals surface area contributed by atoms with Crippen LogP contribution in [0.25, 0.3) is 0 Å². The molecule has 16 heteroatoms. The topological polar surface area (TPSA) is 40.1 Å². The van der Waals surface area contributed by atoms with Gasteiger partial charge in [-0.05, 0) is 0 Å². The van der Waals surface area contributed by atoms with E-state index < -0.39 is 54.4 Å². The van der Waals surface area contributed by atoms with Crippen LogP contribution in [0.5, 0.6) is 0 Å². The third kappa shape index (κ3) is 2.76. The monoisotopic (exact) mass is 409 g/mol. The zero-order valence-corrected chi connectivity index (χ0v) is 11.1. The van der Waals surface area contributed by atoms with E-state index in [1.165, 1.54) is 0 Å². The molecule has 0 aliphatic carbocycles. The number of halogens is 14. The van der Waals surface area contributed by atoms with Crippen molar-refractivity contribution in [3.8, 4) is 0 Å². The van der Waals surface area contributed by atoms with E-state index >= 15 is 0 Å². The van der Waals surface area contributed by atoms with Crippen molar-refractivity contribution in [2.75, 3.05) is 0 Å². The summed E-state index contributed by atoms with van der Waals surface area (Å²) in [5.74, 6) is -57.8. The van der Waals surface area contributed by atoms with Gasteiger partial charge in [-0.2, -0.15) is 61.5 Å².